The molecule has 1 amide bonds. The Labute approximate surface area is 80.1 Å². The molecule has 0 bridgehead atoms. The van der Waals surface area contributed by atoms with Gasteiger partial charge in [0.25, 0.3) is 0 Å². The Bertz CT molecular complexity index is 166. The summed E-state index contributed by atoms with van der Waals surface area (Å²) in [7, 11) is 0. The molecule has 0 heterocycles. The number of hydrogen-bond donors (Lipinski definition) is 2. The quantitative estimate of drug-likeness (QED) is 0.670. The molecule has 0 aliphatic heterocycles. The highest BCUT2D eigenvalue weighted by molar-refractivity contribution is 5.79. The fourth-order valence-electron chi connectivity index (χ4n) is 1.57. The van der Waals surface area contributed by atoms with Gasteiger partial charge in [0.15, 0.2) is 0 Å². The van der Waals surface area contributed by atoms with E-state index in [9.17, 15) is 4.79 Å². The number of carbonyl (C=O) groups excluding carboxylic acids is 1. The standard InChI is InChI=1S/C10H20N2O/c1-2-9(6-7-11)12-10(13)8-4-3-5-8/h8-9H,2-7,11H2,1H3,(H,12,13). The molecule has 1 rings (SSSR count). The molecule has 1 atom stereocenters. The third kappa shape index (κ3) is 2.99. The lowest BCUT2D eigenvalue weighted by atomic mass is 9.84. The van der Waals surface area contributed by atoms with Gasteiger partial charge >= 0.3 is 0 Å². The van der Waals surface area contributed by atoms with Crippen LogP contribution >= 0.6 is 0 Å². The summed E-state index contributed by atoms with van der Waals surface area (Å²) in [5.41, 5.74) is 5.45. The normalized spacial score (nSPS) is 19.2. The van der Waals surface area contributed by atoms with Crippen LogP contribution in [0.3, 0.4) is 0 Å². The molecule has 1 unspecified atom stereocenters. The molecule has 0 aromatic heterocycles. The molecule has 0 saturated heterocycles. The zero-order valence-electron chi connectivity index (χ0n) is 8.38. The van der Waals surface area contributed by atoms with Crippen molar-refractivity contribution >= 4 is 5.91 Å². The Hall–Kier alpha value is -0.570. The molecule has 13 heavy (non-hydrogen) atoms. The van der Waals surface area contributed by atoms with Crippen LogP contribution < -0.4 is 11.1 Å². The summed E-state index contributed by atoms with van der Waals surface area (Å²) in [5, 5.41) is 3.05. The predicted octanol–water partition coefficient (Wildman–Crippen LogP) is 1.03. The van der Waals surface area contributed by atoms with E-state index in [2.05, 4.69) is 12.2 Å². The van der Waals surface area contributed by atoms with E-state index in [-0.39, 0.29) is 11.9 Å². The first-order chi connectivity index (χ1) is 6.27. The fraction of sp³-hybridized carbons (Fsp3) is 0.900. The smallest absolute Gasteiger partial charge is 0.223 e. The van der Waals surface area contributed by atoms with Crippen LogP contribution in [-0.4, -0.2) is 18.5 Å². The number of nitrogens with one attached hydrogen (secondary N) is 1. The van der Waals surface area contributed by atoms with Crippen LogP contribution in [-0.2, 0) is 4.79 Å². The van der Waals surface area contributed by atoms with Crippen LogP contribution in [0.1, 0.15) is 39.0 Å². The van der Waals surface area contributed by atoms with Gasteiger partial charge in [-0.15, -0.1) is 0 Å². The van der Waals surface area contributed by atoms with Crippen LogP contribution in [0, 0.1) is 5.92 Å². The summed E-state index contributed by atoms with van der Waals surface area (Å²) in [6.07, 6.45) is 5.24. The van der Waals surface area contributed by atoms with Crippen molar-refractivity contribution < 1.29 is 4.79 Å². The van der Waals surface area contributed by atoms with Gasteiger partial charge < -0.3 is 11.1 Å². The monoisotopic (exact) mass is 184 g/mol. The summed E-state index contributed by atoms with van der Waals surface area (Å²) in [6, 6.07) is 0.290. The second-order valence-electron chi connectivity index (χ2n) is 3.82. The third-order valence-corrected chi connectivity index (χ3v) is 2.83. The number of carbonyl (C=O) groups is 1. The number of amides is 1. The molecule has 1 aliphatic carbocycles. The molecule has 76 valence electrons. The maximum atomic E-state index is 11.5. The Morgan fingerprint density at radius 1 is 1.62 bits per heavy atom. The Kier molecular flexibility index (Phi) is 4.22. The summed E-state index contributed by atoms with van der Waals surface area (Å²) in [4.78, 5) is 11.5. The second-order valence-corrected chi connectivity index (χ2v) is 3.82. The van der Waals surface area contributed by atoms with Gasteiger partial charge in [0.2, 0.25) is 5.91 Å². The van der Waals surface area contributed by atoms with Crippen LogP contribution in [0.2, 0.25) is 0 Å². The molecule has 1 fully saturated rings. The minimum Gasteiger partial charge on any atom is -0.353 e. The minimum atomic E-state index is 0.242. The Morgan fingerprint density at radius 3 is 2.69 bits per heavy atom. The molecule has 0 radical (unpaired) electrons. The third-order valence-electron chi connectivity index (χ3n) is 2.83. The van der Waals surface area contributed by atoms with E-state index in [4.69, 9.17) is 5.73 Å². The van der Waals surface area contributed by atoms with Crippen molar-refractivity contribution in [3.63, 3.8) is 0 Å². The van der Waals surface area contributed by atoms with Crippen LogP contribution in [0.4, 0.5) is 0 Å². The average molecular weight is 184 g/mol. The van der Waals surface area contributed by atoms with E-state index in [1.807, 2.05) is 0 Å². The molecule has 1 aliphatic rings. The number of rotatable bonds is 5. The molecular weight excluding hydrogens is 164 g/mol. The minimum absolute atomic E-state index is 0.242. The van der Waals surface area contributed by atoms with E-state index < -0.39 is 0 Å². The molecule has 0 spiro atoms. The highest BCUT2D eigenvalue weighted by atomic mass is 16.2. The summed E-state index contributed by atoms with van der Waals surface area (Å²) < 4.78 is 0. The molecule has 3 nitrogen and oxygen atoms in total. The van der Waals surface area contributed by atoms with E-state index in [1.54, 1.807) is 0 Å². The molecule has 0 aromatic rings. The van der Waals surface area contributed by atoms with Gasteiger partial charge in [-0.05, 0) is 32.2 Å². The highest BCUT2D eigenvalue weighted by Gasteiger charge is 2.26. The van der Waals surface area contributed by atoms with Gasteiger partial charge in [-0.2, -0.15) is 0 Å². The first-order valence-corrected chi connectivity index (χ1v) is 5.28. The lowest BCUT2D eigenvalue weighted by molar-refractivity contribution is -0.128. The SMILES string of the molecule is CCC(CCN)NC(=O)C1CCC1. The van der Waals surface area contributed by atoms with Crippen molar-refractivity contribution in [3.05, 3.63) is 0 Å². The van der Waals surface area contributed by atoms with Crippen molar-refractivity contribution in [3.8, 4) is 0 Å². The van der Waals surface area contributed by atoms with Crippen LogP contribution in [0.15, 0.2) is 0 Å². The second kappa shape index (κ2) is 5.22. The van der Waals surface area contributed by atoms with Crippen molar-refractivity contribution in [1.29, 1.82) is 0 Å². The summed E-state index contributed by atoms with van der Waals surface area (Å²) in [5.74, 6) is 0.540. The van der Waals surface area contributed by atoms with Gasteiger partial charge in [-0.25, -0.2) is 0 Å². The van der Waals surface area contributed by atoms with Crippen molar-refractivity contribution in [2.45, 2.75) is 45.1 Å². The van der Waals surface area contributed by atoms with Crippen molar-refractivity contribution in [2.75, 3.05) is 6.54 Å². The van der Waals surface area contributed by atoms with Gasteiger partial charge in [0, 0.05) is 12.0 Å². The van der Waals surface area contributed by atoms with Gasteiger partial charge in [0.1, 0.15) is 0 Å². The van der Waals surface area contributed by atoms with Gasteiger partial charge in [0.05, 0.1) is 0 Å². The van der Waals surface area contributed by atoms with Crippen molar-refractivity contribution in [2.24, 2.45) is 11.7 Å². The molecule has 0 aromatic carbocycles. The van der Waals surface area contributed by atoms with E-state index in [0.29, 0.717) is 12.5 Å². The first-order valence-electron chi connectivity index (χ1n) is 5.28. The maximum absolute atomic E-state index is 11.5. The number of nitrogens with two attached hydrogens (primary N) is 1. The lowest BCUT2D eigenvalue weighted by Crippen LogP contribution is -2.41. The zero-order valence-corrected chi connectivity index (χ0v) is 8.38. The summed E-state index contributed by atoms with van der Waals surface area (Å²) in [6.45, 7) is 2.74. The predicted molar refractivity (Wildman–Crippen MR) is 53.2 cm³/mol. The van der Waals surface area contributed by atoms with Crippen molar-refractivity contribution in [1.82, 2.24) is 5.32 Å². The average Bonchev–Trinajstić information content (AvgIpc) is 2.00. The molecule has 1 saturated carbocycles. The molecule has 3 heteroatoms. The largest absolute Gasteiger partial charge is 0.353 e. The van der Waals surface area contributed by atoms with E-state index >= 15 is 0 Å². The first kappa shape index (κ1) is 10.5. The van der Waals surface area contributed by atoms with Crippen LogP contribution in [0.25, 0.3) is 0 Å². The Morgan fingerprint density at radius 2 is 2.31 bits per heavy atom. The Balaban J connectivity index is 2.23. The summed E-state index contributed by atoms with van der Waals surface area (Å²) >= 11 is 0. The van der Waals surface area contributed by atoms with Gasteiger partial charge in [-0.3, -0.25) is 4.79 Å². The maximum Gasteiger partial charge on any atom is 0.223 e. The number of hydrogen-bond acceptors (Lipinski definition) is 2. The fourth-order valence-corrected chi connectivity index (χ4v) is 1.57. The molecule has 3 N–H and O–H groups in total. The topological polar surface area (TPSA) is 55.1 Å². The zero-order chi connectivity index (χ0) is 9.68. The lowest BCUT2D eigenvalue weighted by Gasteiger charge is -2.26. The van der Waals surface area contributed by atoms with E-state index in [1.165, 1.54) is 6.42 Å². The van der Waals surface area contributed by atoms with E-state index in [0.717, 1.165) is 25.7 Å². The highest BCUT2D eigenvalue weighted by Crippen LogP contribution is 2.26. The van der Waals surface area contributed by atoms with Crippen LogP contribution in [0.5, 0.6) is 0 Å². The molecular formula is C10H20N2O. The van der Waals surface area contributed by atoms with Gasteiger partial charge in [-0.1, -0.05) is 13.3 Å².